The number of hydrogen-bond donors (Lipinski definition) is 2. The van der Waals surface area contributed by atoms with E-state index in [9.17, 15) is 0 Å². The van der Waals surface area contributed by atoms with Gasteiger partial charge in [0.2, 0.25) is 0 Å². The highest BCUT2D eigenvalue weighted by Crippen LogP contribution is 2.31. The molecular formula is C12H17N3O. The molecule has 0 saturated carbocycles. The Labute approximate surface area is 95.4 Å². The molecule has 1 aromatic rings. The van der Waals surface area contributed by atoms with Crippen LogP contribution in [0.5, 0.6) is 0 Å². The van der Waals surface area contributed by atoms with E-state index >= 15 is 0 Å². The Morgan fingerprint density at radius 3 is 3.06 bits per heavy atom. The highest BCUT2D eigenvalue weighted by molar-refractivity contribution is 5.80. The van der Waals surface area contributed by atoms with Gasteiger partial charge in [0.15, 0.2) is 0 Å². The number of oxime groups is 1. The van der Waals surface area contributed by atoms with Crippen molar-refractivity contribution in [3.8, 4) is 0 Å². The van der Waals surface area contributed by atoms with Crippen LogP contribution in [-0.2, 0) is 6.42 Å². The summed E-state index contributed by atoms with van der Waals surface area (Å²) in [4.78, 5) is 2.31. The van der Waals surface area contributed by atoms with Crippen LogP contribution in [0.25, 0.3) is 0 Å². The van der Waals surface area contributed by atoms with E-state index in [2.05, 4.69) is 35.2 Å². The summed E-state index contributed by atoms with van der Waals surface area (Å²) in [7, 11) is 0. The van der Waals surface area contributed by atoms with Crippen LogP contribution in [0.4, 0.5) is 5.69 Å². The first-order valence-electron chi connectivity index (χ1n) is 5.53. The van der Waals surface area contributed by atoms with Gasteiger partial charge < -0.3 is 15.8 Å². The van der Waals surface area contributed by atoms with E-state index in [0.29, 0.717) is 12.5 Å². The maximum atomic E-state index is 8.51. The van der Waals surface area contributed by atoms with Crippen molar-refractivity contribution in [2.45, 2.75) is 25.8 Å². The van der Waals surface area contributed by atoms with Crippen LogP contribution in [0.2, 0.25) is 0 Å². The number of fused-ring (bicyclic) bond motifs is 1. The normalized spacial score (nSPS) is 19.9. The van der Waals surface area contributed by atoms with Gasteiger partial charge in [-0.3, -0.25) is 0 Å². The molecule has 1 unspecified atom stereocenters. The fourth-order valence-corrected chi connectivity index (χ4v) is 2.26. The van der Waals surface area contributed by atoms with Gasteiger partial charge >= 0.3 is 0 Å². The third kappa shape index (κ3) is 1.96. The zero-order chi connectivity index (χ0) is 11.5. The molecule has 1 aromatic carbocycles. The first kappa shape index (κ1) is 10.8. The molecule has 0 spiro atoms. The fourth-order valence-electron chi connectivity index (χ4n) is 2.26. The average Bonchev–Trinajstić information content (AvgIpc) is 2.62. The highest BCUT2D eigenvalue weighted by Gasteiger charge is 2.24. The van der Waals surface area contributed by atoms with E-state index in [1.54, 1.807) is 0 Å². The van der Waals surface area contributed by atoms with Gasteiger partial charge in [-0.1, -0.05) is 23.4 Å². The summed E-state index contributed by atoms with van der Waals surface area (Å²) in [5.41, 5.74) is 8.15. The van der Waals surface area contributed by atoms with E-state index in [1.807, 2.05) is 6.07 Å². The number of nitrogens with zero attached hydrogens (tertiary/aromatic N) is 2. The Bertz CT molecular complexity index is 403. The Morgan fingerprint density at radius 2 is 2.31 bits per heavy atom. The van der Waals surface area contributed by atoms with Gasteiger partial charge in [0.1, 0.15) is 5.84 Å². The lowest BCUT2D eigenvalue weighted by Gasteiger charge is -2.24. The molecule has 1 heterocycles. The molecule has 0 aromatic heterocycles. The van der Waals surface area contributed by atoms with Crippen LogP contribution in [0.3, 0.4) is 0 Å². The van der Waals surface area contributed by atoms with E-state index in [0.717, 1.165) is 13.0 Å². The summed E-state index contributed by atoms with van der Waals surface area (Å²) in [5.74, 6) is 0.289. The lowest BCUT2D eigenvalue weighted by atomic mass is 10.1. The van der Waals surface area contributed by atoms with Gasteiger partial charge in [-0.25, -0.2) is 0 Å². The summed E-state index contributed by atoms with van der Waals surface area (Å²) >= 11 is 0. The summed E-state index contributed by atoms with van der Waals surface area (Å²) in [6, 6.07) is 8.90. The van der Waals surface area contributed by atoms with Crippen molar-refractivity contribution in [1.82, 2.24) is 0 Å². The largest absolute Gasteiger partial charge is 0.409 e. The smallest absolute Gasteiger partial charge is 0.140 e. The Balaban J connectivity index is 2.10. The fraction of sp³-hybridized carbons (Fsp3) is 0.417. The molecule has 4 heteroatoms. The van der Waals surface area contributed by atoms with Crippen LogP contribution in [0.1, 0.15) is 18.9 Å². The maximum Gasteiger partial charge on any atom is 0.140 e. The van der Waals surface area contributed by atoms with E-state index in [4.69, 9.17) is 10.9 Å². The molecule has 4 nitrogen and oxygen atoms in total. The molecule has 0 amide bonds. The van der Waals surface area contributed by atoms with Crippen molar-refractivity contribution in [1.29, 1.82) is 0 Å². The lowest BCUT2D eigenvalue weighted by Crippen LogP contribution is -2.32. The molecule has 3 N–H and O–H groups in total. The number of para-hydroxylation sites is 1. The van der Waals surface area contributed by atoms with E-state index < -0.39 is 0 Å². The van der Waals surface area contributed by atoms with Crippen LogP contribution < -0.4 is 10.6 Å². The number of hydrogen-bond acceptors (Lipinski definition) is 3. The van der Waals surface area contributed by atoms with E-state index in [-0.39, 0.29) is 5.84 Å². The van der Waals surface area contributed by atoms with Crippen LogP contribution in [0.15, 0.2) is 29.4 Å². The number of nitrogens with two attached hydrogens (primary N) is 1. The van der Waals surface area contributed by atoms with Crippen molar-refractivity contribution in [3.63, 3.8) is 0 Å². The number of anilines is 1. The first-order valence-corrected chi connectivity index (χ1v) is 5.53. The Hall–Kier alpha value is -1.71. The second-order valence-electron chi connectivity index (χ2n) is 4.22. The lowest BCUT2D eigenvalue weighted by molar-refractivity contribution is 0.317. The standard InChI is InChI=1S/C12H17N3O/c1-9-8-10-4-2-3-5-11(10)15(9)7-6-12(13)14-16/h2-5,9,16H,6-8H2,1H3,(H2,13,14). The predicted octanol–water partition coefficient (Wildman–Crippen LogP) is 1.57. The third-order valence-corrected chi connectivity index (χ3v) is 3.09. The van der Waals surface area contributed by atoms with Crippen LogP contribution >= 0.6 is 0 Å². The molecule has 0 bridgehead atoms. The molecule has 0 saturated heterocycles. The Kier molecular flexibility index (Phi) is 2.99. The molecule has 16 heavy (non-hydrogen) atoms. The number of rotatable bonds is 3. The molecule has 0 aliphatic carbocycles. The summed E-state index contributed by atoms with van der Waals surface area (Å²) in [6.07, 6.45) is 1.67. The minimum absolute atomic E-state index is 0.289. The van der Waals surface area contributed by atoms with Crippen molar-refractivity contribution in [3.05, 3.63) is 29.8 Å². The predicted molar refractivity (Wildman–Crippen MR) is 65.0 cm³/mol. The molecule has 0 radical (unpaired) electrons. The van der Waals surface area contributed by atoms with Gasteiger partial charge in [0, 0.05) is 24.7 Å². The maximum absolute atomic E-state index is 8.51. The van der Waals surface area contributed by atoms with Crippen molar-refractivity contribution in [2.75, 3.05) is 11.4 Å². The molecule has 0 fully saturated rings. The van der Waals surface area contributed by atoms with Crippen molar-refractivity contribution < 1.29 is 5.21 Å². The molecular weight excluding hydrogens is 202 g/mol. The van der Waals surface area contributed by atoms with Gasteiger partial charge in [0.05, 0.1) is 0 Å². The SMILES string of the molecule is CC1Cc2ccccc2N1CC/C(N)=N/O. The zero-order valence-electron chi connectivity index (χ0n) is 9.43. The topological polar surface area (TPSA) is 61.8 Å². The highest BCUT2D eigenvalue weighted by atomic mass is 16.4. The van der Waals surface area contributed by atoms with Gasteiger partial charge in [0.25, 0.3) is 0 Å². The zero-order valence-corrected chi connectivity index (χ0v) is 9.43. The van der Waals surface area contributed by atoms with Crippen LogP contribution in [-0.4, -0.2) is 23.6 Å². The number of benzene rings is 1. The molecule has 86 valence electrons. The summed E-state index contributed by atoms with van der Waals surface area (Å²) < 4.78 is 0. The van der Waals surface area contributed by atoms with E-state index in [1.165, 1.54) is 11.3 Å². The minimum Gasteiger partial charge on any atom is -0.409 e. The molecule has 1 aliphatic rings. The van der Waals surface area contributed by atoms with Crippen LogP contribution in [0, 0.1) is 0 Å². The minimum atomic E-state index is 0.289. The quantitative estimate of drug-likeness (QED) is 0.351. The third-order valence-electron chi connectivity index (χ3n) is 3.09. The monoisotopic (exact) mass is 219 g/mol. The number of amidine groups is 1. The molecule has 1 atom stereocenters. The second-order valence-corrected chi connectivity index (χ2v) is 4.22. The van der Waals surface area contributed by atoms with Crippen molar-refractivity contribution in [2.24, 2.45) is 10.9 Å². The Morgan fingerprint density at radius 1 is 1.56 bits per heavy atom. The molecule has 1 aliphatic heterocycles. The summed E-state index contributed by atoms with van der Waals surface area (Å²) in [5, 5.41) is 11.5. The second kappa shape index (κ2) is 4.43. The average molecular weight is 219 g/mol. The van der Waals surface area contributed by atoms with Crippen molar-refractivity contribution >= 4 is 11.5 Å². The van der Waals surface area contributed by atoms with Gasteiger partial charge in [-0.05, 0) is 25.0 Å². The summed E-state index contributed by atoms with van der Waals surface area (Å²) in [6.45, 7) is 3.00. The van der Waals surface area contributed by atoms with Gasteiger partial charge in [-0.2, -0.15) is 0 Å². The first-order chi connectivity index (χ1) is 7.72. The van der Waals surface area contributed by atoms with Gasteiger partial charge in [-0.15, -0.1) is 0 Å². The molecule has 2 rings (SSSR count).